The first-order valence-electron chi connectivity index (χ1n) is 9.63. The first kappa shape index (κ1) is 28.1. The first-order valence-corrected chi connectivity index (χ1v) is 11.1. The zero-order valence-electron chi connectivity index (χ0n) is 17.4. The van der Waals surface area contributed by atoms with Gasteiger partial charge in [0.1, 0.15) is 0 Å². The van der Waals surface area contributed by atoms with Crippen LogP contribution in [0.3, 0.4) is 0 Å². The number of hydrogen-bond donors (Lipinski definition) is 5. The molecule has 2 amide bonds. The summed E-state index contributed by atoms with van der Waals surface area (Å²) in [5, 5.41) is 22.2. The minimum atomic E-state index is -1.24. The average molecular weight is 522 g/mol. The fraction of sp³-hybridized carbons (Fsp3) is 0.286. The fourth-order valence-electron chi connectivity index (χ4n) is 2.14. The Bertz CT molecular complexity index is 893. The summed E-state index contributed by atoms with van der Waals surface area (Å²) in [5.41, 5.74) is 5.37. The quantitative estimate of drug-likeness (QED) is 0.125. The second kappa shape index (κ2) is 15.8. The third-order valence-electron chi connectivity index (χ3n) is 3.80. The van der Waals surface area contributed by atoms with Crippen LogP contribution < -0.4 is 21.1 Å². The number of hydrogen-bond acceptors (Lipinski definition) is 7. The van der Waals surface area contributed by atoms with E-state index < -0.39 is 42.4 Å². The number of rotatable bonds is 15. The number of nitrogens with one attached hydrogen (secondary N) is 2. The maximum atomic E-state index is 12.3. The third-order valence-corrected chi connectivity index (χ3v) is 5.28. The summed E-state index contributed by atoms with van der Waals surface area (Å²) in [6, 6.07) is 6.88. The van der Waals surface area contributed by atoms with E-state index in [2.05, 4.69) is 10.6 Å². The molecule has 0 saturated heterocycles. The summed E-state index contributed by atoms with van der Waals surface area (Å²) in [6.45, 7) is -0.612. The number of carboxylic acids is 2. The van der Waals surface area contributed by atoms with Crippen LogP contribution in [0.15, 0.2) is 54.8 Å². The Morgan fingerprint density at radius 3 is 2.48 bits per heavy atom. The van der Waals surface area contributed by atoms with E-state index in [4.69, 9.17) is 35.7 Å². The van der Waals surface area contributed by atoms with Crippen LogP contribution in [-0.4, -0.2) is 62.2 Å². The molecule has 0 spiro atoms. The predicted molar refractivity (Wildman–Crippen MR) is 120 cm³/mol. The number of nitrogens with two attached hydrogens (primary N) is 1. The average Bonchev–Trinajstić information content (AvgIpc) is 2.78. The van der Waals surface area contributed by atoms with Gasteiger partial charge in [-0.05, 0) is 0 Å². The number of carbonyl (C=O) groups is 4. The van der Waals surface area contributed by atoms with Gasteiger partial charge >= 0.3 is 203 Å². The number of thioether (sulfide) groups is 1. The molecule has 0 aliphatic rings. The van der Waals surface area contributed by atoms with E-state index in [0.29, 0.717) is 9.57 Å². The Balaban J connectivity index is 2.57. The molecule has 182 valence electrons. The fourth-order valence-corrected chi connectivity index (χ4v) is 3.21. The van der Waals surface area contributed by atoms with Crippen molar-refractivity contribution in [2.45, 2.75) is 24.9 Å². The van der Waals surface area contributed by atoms with Crippen LogP contribution in [0.1, 0.15) is 12.8 Å². The van der Waals surface area contributed by atoms with Crippen LogP contribution in [0.4, 0.5) is 0 Å². The Morgan fingerprint density at radius 2 is 1.85 bits per heavy atom. The molecule has 0 radical (unpaired) electrons. The van der Waals surface area contributed by atoms with Gasteiger partial charge in [0.15, 0.2) is 0 Å². The topological polar surface area (TPSA) is 168 Å². The van der Waals surface area contributed by atoms with Gasteiger partial charge in [-0.1, -0.05) is 0 Å². The number of ether oxygens (including phenoxy) is 1. The van der Waals surface area contributed by atoms with E-state index in [9.17, 15) is 19.2 Å². The van der Waals surface area contributed by atoms with E-state index >= 15 is 0 Å². The summed E-state index contributed by atoms with van der Waals surface area (Å²) >= 11 is 6.00. The molecule has 0 fully saturated rings. The van der Waals surface area contributed by atoms with Gasteiger partial charge in [-0.2, -0.15) is 0 Å². The molecule has 0 unspecified atom stereocenters. The number of benzene rings is 1. The summed E-state index contributed by atoms with van der Waals surface area (Å²) in [6.07, 6.45) is 6.07. The van der Waals surface area contributed by atoms with Crippen LogP contribution >= 0.6 is 11.8 Å². The molecule has 1 aromatic carbocycles. The van der Waals surface area contributed by atoms with Crippen molar-refractivity contribution in [3.05, 3.63) is 54.8 Å². The summed E-state index contributed by atoms with van der Waals surface area (Å²) in [7, 11) is 0. The SMILES string of the molecule is N[C@@H](CCC(=O)N[C@@H](CS[C](=[Ni])/C=C\C=COc1ccccc1)C(=O)NCC(=O)O)C(=O)O. The number of carboxylic acid groups (broad SMARTS) is 2. The molecule has 0 saturated carbocycles. The van der Waals surface area contributed by atoms with Gasteiger partial charge in [-0.3, -0.25) is 0 Å². The van der Waals surface area contributed by atoms with Crippen molar-refractivity contribution in [1.82, 2.24) is 10.6 Å². The van der Waals surface area contributed by atoms with Crippen LogP contribution in [0.2, 0.25) is 0 Å². The Kier molecular flexibility index (Phi) is 13.4. The molecular weight excluding hydrogens is 497 g/mol. The van der Waals surface area contributed by atoms with Crippen molar-refractivity contribution in [1.29, 1.82) is 0 Å². The monoisotopic (exact) mass is 521 g/mol. The van der Waals surface area contributed by atoms with Gasteiger partial charge in [0, 0.05) is 0 Å². The molecule has 10 nitrogen and oxygen atoms in total. The van der Waals surface area contributed by atoms with E-state index in [1.54, 1.807) is 30.4 Å². The van der Waals surface area contributed by atoms with Crippen molar-refractivity contribution >= 4 is 39.3 Å². The molecule has 1 rings (SSSR count). The van der Waals surface area contributed by atoms with E-state index in [1.165, 1.54) is 6.26 Å². The van der Waals surface area contributed by atoms with Crippen molar-refractivity contribution < 1.29 is 49.2 Å². The normalized spacial score (nSPS) is 12.8. The van der Waals surface area contributed by atoms with Crippen LogP contribution in [-0.2, 0) is 34.2 Å². The zero-order valence-corrected chi connectivity index (χ0v) is 19.2. The summed E-state index contributed by atoms with van der Waals surface area (Å²) in [5.74, 6) is -3.04. The Labute approximate surface area is 202 Å². The first-order chi connectivity index (χ1) is 15.7. The van der Waals surface area contributed by atoms with E-state index in [1.807, 2.05) is 18.2 Å². The molecule has 0 heterocycles. The molecule has 0 aliphatic heterocycles. The second-order valence-corrected chi connectivity index (χ2v) is 8.29. The van der Waals surface area contributed by atoms with Gasteiger partial charge in [0.05, 0.1) is 0 Å². The van der Waals surface area contributed by atoms with Gasteiger partial charge < -0.3 is 0 Å². The van der Waals surface area contributed by atoms with Gasteiger partial charge in [0.25, 0.3) is 0 Å². The number of aliphatic carboxylic acids is 2. The summed E-state index contributed by atoms with van der Waals surface area (Å²) in [4.78, 5) is 45.8. The van der Waals surface area contributed by atoms with Crippen molar-refractivity contribution in [2.24, 2.45) is 5.73 Å². The number of allylic oxidation sites excluding steroid dienone is 2. The standard InChI is InChI=1S/C21H25N3O7S.Ni/c22-16(21(29)30)9-10-18(25)24-17(20(28)23-13-19(26)27)14-32-12-6-2-5-11-31-15-7-3-1-4-8-15;/h1-8,11,16-17H,9-10,13-14,22H2,(H,23,28)(H,24,25)(H,26,27)(H,29,30);/b6-2-,11-5?;/t16-,17-;/m0./s1. The van der Waals surface area contributed by atoms with Crippen LogP contribution in [0, 0.1) is 0 Å². The van der Waals surface area contributed by atoms with Gasteiger partial charge in [0.2, 0.25) is 0 Å². The number of carbonyl (C=O) groups excluding carboxylic acids is 2. The maximum absolute atomic E-state index is 12.3. The van der Waals surface area contributed by atoms with Crippen molar-refractivity contribution in [3.8, 4) is 5.75 Å². The molecule has 0 bridgehead atoms. The number of para-hydroxylation sites is 1. The van der Waals surface area contributed by atoms with E-state index in [0.717, 1.165) is 11.8 Å². The molecule has 0 aliphatic carbocycles. The minimum absolute atomic E-state index is 0.0477. The molecule has 2 atom stereocenters. The van der Waals surface area contributed by atoms with E-state index in [-0.39, 0.29) is 18.6 Å². The zero-order chi connectivity index (χ0) is 24.6. The van der Waals surface area contributed by atoms with Crippen LogP contribution in [0.25, 0.3) is 0 Å². The molecule has 12 heteroatoms. The Hall–Kier alpha value is -2.95. The van der Waals surface area contributed by atoms with Crippen molar-refractivity contribution in [2.75, 3.05) is 12.3 Å². The molecular formula is C21H25N3NiO7S. The third kappa shape index (κ3) is 13.3. The molecule has 1 aromatic rings. The second-order valence-electron chi connectivity index (χ2n) is 6.42. The summed E-state index contributed by atoms with van der Waals surface area (Å²) < 4.78 is 5.85. The van der Waals surface area contributed by atoms with Gasteiger partial charge in [-0.15, -0.1) is 0 Å². The Morgan fingerprint density at radius 1 is 1.15 bits per heavy atom. The van der Waals surface area contributed by atoms with Crippen LogP contribution in [0.5, 0.6) is 5.75 Å². The molecule has 6 N–H and O–H groups in total. The molecule has 33 heavy (non-hydrogen) atoms. The number of amides is 2. The van der Waals surface area contributed by atoms with Crippen molar-refractivity contribution in [3.63, 3.8) is 0 Å². The van der Waals surface area contributed by atoms with Gasteiger partial charge in [-0.25, -0.2) is 0 Å². The predicted octanol–water partition coefficient (Wildman–Crippen LogP) is 0.423. The molecule has 0 aromatic heterocycles.